The van der Waals surface area contributed by atoms with Crippen LogP contribution >= 0.6 is 0 Å². The Hall–Kier alpha value is -2.89. The molecular formula is C22H26N4O2. The van der Waals surface area contributed by atoms with Gasteiger partial charge in [0.15, 0.2) is 5.65 Å². The monoisotopic (exact) mass is 378 g/mol. The largest absolute Gasteiger partial charge is 0.345 e. The Bertz CT molecular complexity index is 1090. The van der Waals surface area contributed by atoms with Crippen LogP contribution in [0, 0.1) is 5.41 Å². The van der Waals surface area contributed by atoms with Gasteiger partial charge in [0.25, 0.3) is 11.5 Å². The topological polar surface area (TPSA) is 70.5 Å². The second-order valence-corrected chi connectivity index (χ2v) is 8.58. The van der Waals surface area contributed by atoms with Crippen LogP contribution in [0.15, 0.2) is 41.3 Å². The zero-order chi connectivity index (χ0) is 20.1. The second-order valence-electron chi connectivity index (χ2n) is 8.58. The molecule has 146 valence electrons. The van der Waals surface area contributed by atoms with Gasteiger partial charge in [-0.25, -0.2) is 9.50 Å². The standard InChI is InChI=1S/C22H26N4O2/c1-22(2)11-5-6-17(22)14-7-9-15(10-8-14)18-12-19(27)26-20(24-18)16(13-23-26)21(28)25(3)4/h7-10,12-13,17,23H,5-6,11H2,1-4H3. The summed E-state index contributed by atoms with van der Waals surface area (Å²) in [5, 5.41) is 2.82. The Kier molecular flexibility index (Phi) is 4.37. The number of hydrogen-bond donors (Lipinski definition) is 1. The van der Waals surface area contributed by atoms with E-state index in [9.17, 15) is 9.59 Å². The molecule has 1 atom stereocenters. The number of aromatic nitrogens is 3. The lowest BCUT2D eigenvalue weighted by atomic mass is 9.77. The molecule has 1 fully saturated rings. The van der Waals surface area contributed by atoms with Crippen molar-refractivity contribution in [3.05, 3.63) is 58.0 Å². The summed E-state index contributed by atoms with van der Waals surface area (Å²) in [6, 6.07) is 9.87. The third kappa shape index (κ3) is 3.03. The van der Waals surface area contributed by atoms with E-state index >= 15 is 0 Å². The molecule has 28 heavy (non-hydrogen) atoms. The maximum Gasteiger partial charge on any atom is 0.273 e. The Balaban J connectivity index is 1.74. The van der Waals surface area contributed by atoms with E-state index in [-0.39, 0.29) is 11.5 Å². The lowest BCUT2D eigenvalue weighted by Crippen LogP contribution is -2.22. The molecule has 2 heterocycles. The molecule has 3 aromatic rings. The first-order chi connectivity index (χ1) is 13.3. The van der Waals surface area contributed by atoms with Gasteiger partial charge < -0.3 is 4.90 Å². The number of carbonyl (C=O) groups excluding carboxylic acids is 1. The molecule has 0 spiro atoms. The number of amides is 1. The van der Waals surface area contributed by atoms with Crippen molar-refractivity contribution in [3.63, 3.8) is 0 Å². The Labute approximate surface area is 164 Å². The van der Waals surface area contributed by atoms with Crippen LogP contribution in [0.25, 0.3) is 16.9 Å². The van der Waals surface area contributed by atoms with Crippen molar-refractivity contribution >= 4 is 11.6 Å². The fourth-order valence-corrected chi connectivity index (χ4v) is 4.36. The van der Waals surface area contributed by atoms with E-state index in [1.165, 1.54) is 46.5 Å². The minimum absolute atomic E-state index is 0.193. The van der Waals surface area contributed by atoms with Crippen LogP contribution in [0.4, 0.5) is 0 Å². The summed E-state index contributed by atoms with van der Waals surface area (Å²) in [7, 11) is 3.36. The van der Waals surface area contributed by atoms with E-state index in [4.69, 9.17) is 0 Å². The number of carbonyl (C=O) groups is 1. The van der Waals surface area contributed by atoms with Crippen LogP contribution in [0.2, 0.25) is 0 Å². The molecule has 0 bridgehead atoms. The number of benzene rings is 1. The molecule has 6 nitrogen and oxygen atoms in total. The average molecular weight is 378 g/mol. The third-order valence-corrected chi connectivity index (χ3v) is 6.00. The predicted octanol–water partition coefficient (Wildman–Crippen LogP) is 3.69. The lowest BCUT2D eigenvalue weighted by molar-refractivity contribution is 0.0829. The summed E-state index contributed by atoms with van der Waals surface area (Å²) in [6.07, 6.45) is 5.27. The molecule has 1 unspecified atom stereocenters. The highest BCUT2D eigenvalue weighted by Crippen LogP contribution is 2.48. The van der Waals surface area contributed by atoms with E-state index in [1.807, 2.05) is 12.1 Å². The molecule has 1 aliphatic rings. The zero-order valence-electron chi connectivity index (χ0n) is 16.8. The number of fused-ring (bicyclic) bond motifs is 1. The number of aromatic amines is 1. The summed E-state index contributed by atoms with van der Waals surface area (Å²) in [4.78, 5) is 31.0. The molecule has 1 aliphatic carbocycles. The molecule has 1 amide bonds. The van der Waals surface area contributed by atoms with Gasteiger partial charge in [0.2, 0.25) is 0 Å². The SMILES string of the molecule is CN(C)C(=O)c1c[nH]n2c(=O)cc(-c3ccc(C4CCCC4(C)C)cc3)nc12. The van der Waals surface area contributed by atoms with Gasteiger partial charge in [0.1, 0.15) is 5.56 Å². The summed E-state index contributed by atoms with van der Waals surface area (Å²) >= 11 is 0. The predicted molar refractivity (Wildman–Crippen MR) is 110 cm³/mol. The molecule has 0 aliphatic heterocycles. The van der Waals surface area contributed by atoms with Gasteiger partial charge in [-0.05, 0) is 29.7 Å². The molecule has 0 radical (unpaired) electrons. The minimum Gasteiger partial charge on any atom is -0.345 e. The van der Waals surface area contributed by atoms with Gasteiger partial charge in [-0.15, -0.1) is 0 Å². The molecule has 6 heteroatoms. The number of hydrogen-bond acceptors (Lipinski definition) is 3. The van der Waals surface area contributed by atoms with Gasteiger partial charge in [0, 0.05) is 31.9 Å². The maximum absolute atomic E-state index is 12.5. The Morgan fingerprint density at radius 3 is 2.57 bits per heavy atom. The highest BCUT2D eigenvalue weighted by Gasteiger charge is 2.35. The van der Waals surface area contributed by atoms with E-state index in [2.05, 4.69) is 36.1 Å². The number of nitrogens with one attached hydrogen (secondary N) is 1. The lowest BCUT2D eigenvalue weighted by Gasteiger charge is -2.27. The van der Waals surface area contributed by atoms with Crippen LogP contribution in [0.3, 0.4) is 0 Å². The van der Waals surface area contributed by atoms with E-state index < -0.39 is 0 Å². The molecule has 4 rings (SSSR count). The first-order valence-corrected chi connectivity index (χ1v) is 9.71. The molecule has 1 N–H and O–H groups in total. The second kappa shape index (κ2) is 6.62. The first kappa shape index (κ1) is 18.5. The summed E-state index contributed by atoms with van der Waals surface area (Å²) < 4.78 is 1.30. The first-order valence-electron chi connectivity index (χ1n) is 9.71. The van der Waals surface area contributed by atoms with Crippen LogP contribution < -0.4 is 5.56 Å². The van der Waals surface area contributed by atoms with Crippen LogP contribution in [-0.4, -0.2) is 39.5 Å². The van der Waals surface area contributed by atoms with Crippen molar-refractivity contribution in [1.29, 1.82) is 0 Å². The minimum atomic E-state index is -0.237. The van der Waals surface area contributed by atoms with Crippen LogP contribution in [0.1, 0.15) is 54.9 Å². The van der Waals surface area contributed by atoms with Gasteiger partial charge >= 0.3 is 0 Å². The normalized spacial score (nSPS) is 18.5. The Morgan fingerprint density at radius 2 is 1.96 bits per heavy atom. The highest BCUT2D eigenvalue weighted by molar-refractivity contribution is 5.99. The Morgan fingerprint density at radius 1 is 1.25 bits per heavy atom. The van der Waals surface area contributed by atoms with Crippen LogP contribution in [-0.2, 0) is 0 Å². The summed E-state index contributed by atoms with van der Waals surface area (Å²) in [5.41, 5.74) is 3.62. The van der Waals surface area contributed by atoms with Gasteiger partial charge in [-0.1, -0.05) is 44.5 Å². The molecule has 1 saturated carbocycles. The molecular weight excluding hydrogens is 352 g/mol. The smallest absolute Gasteiger partial charge is 0.273 e. The summed E-state index contributed by atoms with van der Waals surface area (Å²) in [6.45, 7) is 4.67. The van der Waals surface area contributed by atoms with Gasteiger partial charge in [-0.3, -0.25) is 14.7 Å². The number of nitrogens with zero attached hydrogens (tertiary/aromatic N) is 3. The zero-order valence-corrected chi connectivity index (χ0v) is 16.8. The average Bonchev–Trinajstić information content (AvgIpc) is 3.24. The van der Waals surface area contributed by atoms with Gasteiger partial charge in [0.05, 0.1) is 5.69 Å². The van der Waals surface area contributed by atoms with E-state index in [0.717, 1.165) is 5.56 Å². The molecule has 2 aromatic heterocycles. The van der Waals surface area contributed by atoms with E-state index in [1.54, 1.807) is 14.1 Å². The van der Waals surface area contributed by atoms with Crippen molar-refractivity contribution in [2.75, 3.05) is 14.1 Å². The van der Waals surface area contributed by atoms with Crippen molar-refractivity contribution in [2.24, 2.45) is 5.41 Å². The van der Waals surface area contributed by atoms with Crippen molar-refractivity contribution in [2.45, 2.75) is 39.0 Å². The third-order valence-electron chi connectivity index (χ3n) is 6.00. The quantitative estimate of drug-likeness (QED) is 0.756. The van der Waals surface area contributed by atoms with E-state index in [0.29, 0.717) is 28.2 Å². The molecule has 0 saturated heterocycles. The fraction of sp³-hybridized carbons (Fsp3) is 0.409. The molecule has 1 aromatic carbocycles. The highest BCUT2D eigenvalue weighted by atomic mass is 16.2. The van der Waals surface area contributed by atoms with Crippen molar-refractivity contribution in [1.82, 2.24) is 19.5 Å². The van der Waals surface area contributed by atoms with Crippen LogP contribution in [0.5, 0.6) is 0 Å². The van der Waals surface area contributed by atoms with Crippen molar-refractivity contribution < 1.29 is 4.79 Å². The maximum atomic E-state index is 12.5. The summed E-state index contributed by atoms with van der Waals surface area (Å²) in [5.74, 6) is 0.373. The van der Waals surface area contributed by atoms with Gasteiger partial charge in [-0.2, -0.15) is 0 Å². The number of rotatable bonds is 3. The fourth-order valence-electron chi connectivity index (χ4n) is 4.36. The van der Waals surface area contributed by atoms with Crippen molar-refractivity contribution in [3.8, 4) is 11.3 Å². The number of H-pyrrole nitrogens is 1.